The van der Waals surface area contributed by atoms with Crippen LogP contribution in [0.2, 0.25) is 15.1 Å². The Labute approximate surface area is 198 Å². The Bertz CT molecular complexity index is 1080. The first-order chi connectivity index (χ1) is 14.3. The lowest BCUT2D eigenvalue weighted by atomic mass is 10.1. The zero-order chi connectivity index (χ0) is 21.7. The average Bonchev–Trinajstić information content (AvgIpc) is 2.70. The Morgan fingerprint density at radius 2 is 1.80 bits per heavy atom. The lowest BCUT2D eigenvalue weighted by Crippen LogP contribution is -2.20. The van der Waals surface area contributed by atoms with Gasteiger partial charge in [-0.25, -0.2) is 0 Å². The maximum absolute atomic E-state index is 12.1. The van der Waals surface area contributed by atoms with Crippen molar-refractivity contribution >= 4 is 68.0 Å². The Morgan fingerprint density at radius 3 is 2.53 bits per heavy atom. The van der Waals surface area contributed by atoms with Crippen molar-refractivity contribution in [3.63, 3.8) is 0 Å². The minimum absolute atomic E-state index is 0.141. The zero-order valence-electron chi connectivity index (χ0n) is 15.9. The van der Waals surface area contributed by atoms with Gasteiger partial charge in [0.15, 0.2) is 6.61 Å². The molecule has 0 aliphatic carbocycles. The summed E-state index contributed by atoms with van der Waals surface area (Å²) in [4.78, 5) is 12.1. The van der Waals surface area contributed by atoms with E-state index in [4.69, 9.17) is 39.5 Å². The van der Waals surface area contributed by atoms with Crippen LogP contribution in [0.4, 0.5) is 11.4 Å². The zero-order valence-corrected chi connectivity index (χ0v) is 19.8. The highest BCUT2D eigenvalue weighted by Gasteiger charge is 2.09. The molecule has 4 nitrogen and oxygen atoms in total. The second kappa shape index (κ2) is 10.4. The fourth-order valence-electron chi connectivity index (χ4n) is 2.67. The van der Waals surface area contributed by atoms with E-state index in [1.165, 1.54) is 0 Å². The largest absolute Gasteiger partial charge is 0.483 e. The Kier molecular flexibility index (Phi) is 7.89. The first-order valence-corrected chi connectivity index (χ1v) is 10.9. The van der Waals surface area contributed by atoms with E-state index in [2.05, 4.69) is 26.6 Å². The number of rotatable bonds is 7. The van der Waals surface area contributed by atoms with E-state index in [-0.39, 0.29) is 12.5 Å². The van der Waals surface area contributed by atoms with Crippen LogP contribution in [0.25, 0.3) is 0 Å². The molecule has 0 spiro atoms. The molecule has 3 aromatic rings. The minimum Gasteiger partial charge on any atom is -0.483 e. The summed E-state index contributed by atoms with van der Waals surface area (Å²) in [5.41, 5.74) is 3.70. The topological polar surface area (TPSA) is 50.4 Å². The van der Waals surface area contributed by atoms with E-state index in [0.29, 0.717) is 33.0 Å². The minimum atomic E-state index is -0.303. The molecular weight excluding hydrogens is 511 g/mol. The fraction of sp³-hybridized carbons (Fsp3) is 0.136. The first-order valence-electron chi connectivity index (χ1n) is 8.98. The molecule has 0 heterocycles. The summed E-state index contributed by atoms with van der Waals surface area (Å²) < 4.78 is 6.38. The summed E-state index contributed by atoms with van der Waals surface area (Å²) in [7, 11) is 0. The highest BCUT2D eigenvalue weighted by atomic mass is 79.9. The summed E-state index contributed by atoms with van der Waals surface area (Å²) >= 11 is 21.4. The molecule has 0 bridgehead atoms. The van der Waals surface area contributed by atoms with Crippen molar-refractivity contribution in [2.24, 2.45) is 0 Å². The quantitative estimate of drug-likeness (QED) is 0.337. The van der Waals surface area contributed by atoms with Gasteiger partial charge < -0.3 is 15.4 Å². The van der Waals surface area contributed by atoms with Crippen LogP contribution in [-0.4, -0.2) is 12.5 Å². The molecule has 2 N–H and O–H groups in total. The number of benzene rings is 3. The van der Waals surface area contributed by atoms with Gasteiger partial charge >= 0.3 is 0 Å². The third-order valence-electron chi connectivity index (χ3n) is 4.24. The number of aryl methyl sites for hydroxylation is 1. The van der Waals surface area contributed by atoms with Gasteiger partial charge in [-0.3, -0.25) is 4.79 Å². The molecule has 0 aliphatic rings. The molecule has 0 saturated carbocycles. The molecule has 0 atom stereocenters. The van der Waals surface area contributed by atoms with Crippen molar-refractivity contribution in [1.29, 1.82) is 0 Å². The predicted octanol–water partition coefficient (Wildman–Crippen LogP) is 7.35. The number of hydrogen-bond donors (Lipinski definition) is 2. The van der Waals surface area contributed by atoms with Crippen molar-refractivity contribution in [3.8, 4) is 5.75 Å². The van der Waals surface area contributed by atoms with E-state index in [1.54, 1.807) is 18.2 Å². The van der Waals surface area contributed by atoms with Gasteiger partial charge in [0.1, 0.15) is 5.75 Å². The summed E-state index contributed by atoms with van der Waals surface area (Å²) in [5, 5.41) is 7.57. The van der Waals surface area contributed by atoms with Gasteiger partial charge in [-0.1, -0.05) is 46.9 Å². The molecule has 0 radical (unpaired) electrons. The van der Waals surface area contributed by atoms with Crippen LogP contribution < -0.4 is 15.4 Å². The molecular formula is C22H18BrCl3N2O2. The van der Waals surface area contributed by atoms with Gasteiger partial charge in [0.05, 0.1) is 14.5 Å². The Balaban J connectivity index is 1.55. The number of amides is 1. The normalized spacial score (nSPS) is 10.6. The molecule has 8 heteroatoms. The summed E-state index contributed by atoms with van der Waals surface area (Å²) in [5.74, 6) is 0.268. The van der Waals surface area contributed by atoms with Crippen LogP contribution in [0.3, 0.4) is 0 Å². The Morgan fingerprint density at radius 1 is 1.00 bits per heavy atom. The van der Waals surface area contributed by atoms with E-state index < -0.39 is 0 Å². The number of anilines is 2. The molecule has 0 unspecified atom stereocenters. The van der Waals surface area contributed by atoms with Gasteiger partial charge in [0, 0.05) is 22.9 Å². The van der Waals surface area contributed by atoms with Gasteiger partial charge in [0.2, 0.25) is 0 Å². The van der Waals surface area contributed by atoms with E-state index >= 15 is 0 Å². The van der Waals surface area contributed by atoms with E-state index in [0.717, 1.165) is 21.3 Å². The smallest absolute Gasteiger partial charge is 0.262 e. The van der Waals surface area contributed by atoms with Crippen molar-refractivity contribution < 1.29 is 9.53 Å². The second-order valence-electron chi connectivity index (χ2n) is 6.54. The van der Waals surface area contributed by atoms with Gasteiger partial charge in [-0.05, 0) is 76.4 Å². The molecule has 0 aromatic heterocycles. The number of carbonyl (C=O) groups excluding carboxylic acids is 1. The highest BCUT2D eigenvalue weighted by Crippen LogP contribution is 2.28. The second-order valence-corrected chi connectivity index (χ2v) is 8.65. The fourth-order valence-corrected chi connectivity index (χ4v) is 3.68. The van der Waals surface area contributed by atoms with Crippen molar-refractivity contribution in [3.05, 3.63) is 85.3 Å². The van der Waals surface area contributed by atoms with Crippen molar-refractivity contribution in [2.75, 3.05) is 17.2 Å². The van der Waals surface area contributed by atoms with Crippen LogP contribution in [0.1, 0.15) is 11.1 Å². The molecule has 3 rings (SSSR count). The SMILES string of the molecule is Cc1ccc(Cl)cc1NCc1ccc(OCC(=O)Nc2ccc(Cl)c(Cl)c2)c(Br)c1. The maximum Gasteiger partial charge on any atom is 0.262 e. The third-order valence-corrected chi connectivity index (χ3v) is 5.83. The number of halogens is 4. The summed E-state index contributed by atoms with van der Waals surface area (Å²) in [6.45, 7) is 2.50. The highest BCUT2D eigenvalue weighted by molar-refractivity contribution is 9.10. The standard InChI is InChI=1S/C22H18BrCl3N2O2/c1-13-2-4-15(24)9-20(13)27-11-14-3-7-21(17(23)8-14)30-12-22(29)28-16-5-6-18(25)19(26)10-16/h2-10,27H,11-12H2,1H3,(H,28,29). The molecule has 1 amide bonds. The molecule has 0 aliphatic heterocycles. The summed E-state index contributed by atoms with van der Waals surface area (Å²) in [6.07, 6.45) is 0. The number of nitrogens with one attached hydrogen (secondary N) is 2. The van der Waals surface area contributed by atoms with Crippen LogP contribution in [0, 0.1) is 6.92 Å². The molecule has 156 valence electrons. The molecule has 0 fully saturated rings. The summed E-state index contributed by atoms with van der Waals surface area (Å²) in [6, 6.07) is 16.3. The van der Waals surface area contributed by atoms with Crippen LogP contribution in [0.15, 0.2) is 59.1 Å². The van der Waals surface area contributed by atoms with Crippen molar-refractivity contribution in [1.82, 2.24) is 0 Å². The number of carbonyl (C=O) groups is 1. The van der Waals surface area contributed by atoms with Crippen LogP contribution >= 0.6 is 50.7 Å². The first kappa shape index (κ1) is 22.8. The van der Waals surface area contributed by atoms with Crippen LogP contribution in [0.5, 0.6) is 5.75 Å². The molecule has 0 saturated heterocycles. The lowest BCUT2D eigenvalue weighted by molar-refractivity contribution is -0.118. The molecule has 3 aromatic carbocycles. The Hall–Kier alpha value is -1.92. The third kappa shape index (κ3) is 6.29. The predicted molar refractivity (Wildman–Crippen MR) is 128 cm³/mol. The average molecular weight is 529 g/mol. The molecule has 30 heavy (non-hydrogen) atoms. The van der Waals surface area contributed by atoms with E-state index in [9.17, 15) is 4.79 Å². The maximum atomic E-state index is 12.1. The van der Waals surface area contributed by atoms with Gasteiger partial charge in [-0.15, -0.1) is 0 Å². The van der Waals surface area contributed by atoms with E-state index in [1.807, 2.05) is 43.3 Å². The van der Waals surface area contributed by atoms with Gasteiger partial charge in [-0.2, -0.15) is 0 Å². The van der Waals surface area contributed by atoms with Gasteiger partial charge in [0.25, 0.3) is 5.91 Å². The van der Waals surface area contributed by atoms with Crippen LogP contribution in [-0.2, 0) is 11.3 Å². The monoisotopic (exact) mass is 526 g/mol. The van der Waals surface area contributed by atoms with Crippen molar-refractivity contribution in [2.45, 2.75) is 13.5 Å². The number of ether oxygens (including phenoxy) is 1. The number of hydrogen-bond acceptors (Lipinski definition) is 3. The lowest BCUT2D eigenvalue weighted by Gasteiger charge is -2.13.